The number of hydrogen-bond acceptors (Lipinski definition) is 2. The van der Waals surface area contributed by atoms with E-state index in [0.29, 0.717) is 12.8 Å². The second kappa shape index (κ2) is 6.28. The second-order valence-corrected chi connectivity index (χ2v) is 4.50. The molecule has 0 saturated carbocycles. The lowest BCUT2D eigenvalue weighted by Crippen LogP contribution is -2.03. The maximum atomic E-state index is 11.0. The van der Waals surface area contributed by atoms with E-state index < -0.39 is 0 Å². The number of rotatable bonds is 4. The molecule has 0 spiro atoms. The van der Waals surface area contributed by atoms with Crippen molar-refractivity contribution >= 4 is 37.8 Å². The minimum atomic E-state index is -0.175. The maximum absolute atomic E-state index is 11.0. The molecule has 0 aliphatic rings. The highest BCUT2D eigenvalue weighted by molar-refractivity contribution is 9.10. The van der Waals surface area contributed by atoms with Gasteiger partial charge in [-0.1, -0.05) is 44.0 Å². The molecule has 2 nitrogen and oxygen atoms in total. The van der Waals surface area contributed by atoms with Crippen LogP contribution in [0.3, 0.4) is 0 Å². The molecule has 15 heavy (non-hydrogen) atoms. The van der Waals surface area contributed by atoms with Crippen LogP contribution in [0.1, 0.15) is 17.5 Å². The summed E-state index contributed by atoms with van der Waals surface area (Å²) in [5.41, 5.74) is 2.37. The number of ether oxygens (including phenoxy) is 1. The molecule has 4 heteroatoms. The molecule has 82 valence electrons. The summed E-state index contributed by atoms with van der Waals surface area (Å²) in [7, 11) is 1.41. The van der Waals surface area contributed by atoms with Crippen molar-refractivity contribution in [2.45, 2.75) is 18.2 Å². The van der Waals surface area contributed by atoms with Gasteiger partial charge in [-0.2, -0.15) is 0 Å². The van der Waals surface area contributed by atoms with Gasteiger partial charge in [-0.3, -0.25) is 4.79 Å². The highest BCUT2D eigenvalue weighted by Crippen LogP contribution is 2.24. The van der Waals surface area contributed by atoms with E-state index in [1.807, 2.05) is 18.2 Å². The number of alkyl halides is 1. The van der Waals surface area contributed by atoms with Crippen LogP contribution in [-0.2, 0) is 21.3 Å². The first-order chi connectivity index (χ1) is 7.19. The van der Waals surface area contributed by atoms with Crippen LogP contribution in [0.5, 0.6) is 0 Å². The van der Waals surface area contributed by atoms with Crippen LogP contribution in [0.2, 0.25) is 0 Å². The van der Waals surface area contributed by atoms with E-state index in [1.54, 1.807) is 0 Å². The van der Waals surface area contributed by atoms with Crippen molar-refractivity contribution in [3.05, 3.63) is 33.8 Å². The molecular formula is C11H12Br2O2. The molecule has 1 aromatic carbocycles. The molecule has 0 heterocycles. The van der Waals surface area contributed by atoms with Crippen LogP contribution in [0.4, 0.5) is 0 Å². The monoisotopic (exact) mass is 334 g/mol. The van der Waals surface area contributed by atoms with Gasteiger partial charge in [-0.05, 0) is 23.6 Å². The summed E-state index contributed by atoms with van der Waals surface area (Å²) >= 11 is 6.92. The van der Waals surface area contributed by atoms with E-state index in [4.69, 9.17) is 0 Å². The molecule has 0 unspecified atom stereocenters. The van der Waals surface area contributed by atoms with Crippen molar-refractivity contribution in [2.24, 2.45) is 0 Å². The lowest BCUT2D eigenvalue weighted by molar-refractivity contribution is -0.140. The van der Waals surface area contributed by atoms with Crippen LogP contribution in [0.25, 0.3) is 0 Å². The van der Waals surface area contributed by atoms with E-state index in [9.17, 15) is 4.79 Å². The summed E-state index contributed by atoms with van der Waals surface area (Å²) in [5, 5.41) is 0.795. The van der Waals surface area contributed by atoms with E-state index in [-0.39, 0.29) is 5.97 Å². The normalized spacial score (nSPS) is 10.1. The van der Waals surface area contributed by atoms with Crippen LogP contribution in [-0.4, -0.2) is 13.1 Å². The predicted molar refractivity (Wildman–Crippen MR) is 67.1 cm³/mol. The van der Waals surface area contributed by atoms with Crippen molar-refractivity contribution in [1.82, 2.24) is 0 Å². The van der Waals surface area contributed by atoms with Crippen LogP contribution >= 0.6 is 31.9 Å². The number of halogens is 2. The van der Waals surface area contributed by atoms with Gasteiger partial charge in [0.1, 0.15) is 0 Å². The van der Waals surface area contributed by atoms with Gasteiger partial charge in [0.25, 0.3) is 0 Å². The number of esters is 1. The van der Waals surface area contributed by atoms with Gasteiger partial charge in [0.05, 0.1) is 7.11 Å². The smallest absolute Gasteiger partial charge is 0.305 e. The van der Waals surface area contributed by atoms with Gasteiger partial charge in [-0.15, -0.1) is 0 Å². The fourth-order valence-electron chi connectivity index (χ4n) is 1.34. The third kappa shape index (κ3) is 3.61. The number of hydrogen-bond donors (Lipinski definition) is 0. The Morgan fingerprint density at radius 3 is 2.80 bits per heavy atom. The first kappa shape index (κ1) is 12.7. The lowest BCUT2D eigenvalue weighted by Gasteiger charge is -2.08. The highest BCUT2D eigenvalue weighted by atomic mass is 79.9. The van der Waals surface area contributed by atoms with Gasteiger partial charge < -0.3 is 4.74 Å². The lowest BCUT2D eigenvalue weighted by atomic mass is 10.0. The standard InChI is InChI=1S/C11H12Br2O2/c1-15-11(14)6-5-9-8(7-12)3-2-4-10(9)13/h2-4H,5-7H2,1H3. The second-order valence-electron chi connectivity index (χ2n) is 3.09. The highest BCUT2D eigenvalue weighted by Gasteiger charge is 2.08. The fraction of sp³-hybridized carbons (Fsp3) is 0.364. The summed E-state index contributed by atoms with van der Waals surface area (Å²) in [4.78, 5) is 11.0. The Bertz CT molecular complexity index is 350. The van der Waals surface area contributed by atoms with Gasteiger partial charge >= 0.3 is 5.97 Å². The first-order valence-corrected chi connectivity index (χ1v) is 6.49. The van der Waals surface area contributed by atoms with Crippen molar-refractivity contribution in [1.29, 1.82) is 0 Å². The summed E-state index contributed by atoms with van der Waals surface area (Å²) in [6, 6.07) is 6.02. The molecular weight excluding hydrogens is 324 g/mol. The Morgan fingerprint density at radius 2 is 2.20 bits per heavy atom. The van der Waals surface area contributed by atoms with Crippen LogP contribution in [0.15, 0.2) is 22.7 Å². The molecule has 0 amide bonds. The van der Waals surface area contributed by atoms with Crippen LogP contribution < -0.4 is 0 Å². The van der Waals surface area contributed by atoms with Crippen LogP contribution in [0, 0.1) is 0 Å². The molecule has 0 N–H and O–H groups in total. The van der Waals surface area contributed by atoms with E-state index >= 15 is 0 Å². The fourth-order valence-corrected chi connectivity index (χ4v) is 2.47. The topological polar surface area (TPSA) is 26.3 Å². The van der Waals surface area contributed by atoms with Crippen molar-refractivity contribution in [3.63, 3.8) is 0 Å². The molecule has 0 aliphatic carbocycles. The number of methoxy groups -OCH3 is 1. The Labute approximate surface area is 106 Å². The number of benzene rings is 1. The zero-order chi connectivity index (χ0) is 11.3. The van der Waals surface area contributed by atoms with Gasteiger partial charge in [0.2, 0.25) is 0 Å². The third-order valence-electron chi connectivity index (χ3n) is 2.17. The third-order valence-corrected chi connectivity index (χ3v) is 3.51. The SMILES string of the molecule is COC(=O)CCc1c(Br)cccc1CBr. The molecule has 1 rings (SSSR count). The number of carbonyl (C=O) groups excluding carboxylic acids is 1. The molecule has 0 radical (unpaired) electrons. The number of carbonyl (C=O) groups is 1. The Hall–Kier alpha value is -0.350. The minimum Gasteiger partial charge on any atom is -0.469 e. The van der Waals surface area contributed by atoms with Gasteiger partial charge in [-0.25, -0.2) is 0 Å². The van der Waals surface area contributed by atoms with E-state index in [1.165, 1.54) is 18.2 Å². The largest absolute Gasteiger partial charge is 0.469 e. The van der Waals surface area contributed by atoms with Crippen molar-refractivity contribution in [2.75, 3.05) is 7.11 Å². The summed E-state index contributed by atoms with van der Waals surface area (Å²) in [6.07, 6.45) is 1.12. The minimum absolute atomic E-state index is 0.175. The average Bonchev–Trinajstić information content (AvgIpc) is 2.26. The molecule has 0 atom stereocenters. The molecule has 0 aromatic heterocycles. The summed E-state index contributed by atoms with van der Waals surface area (Å²) < 4.78 is 5.66. The summed E-state index contributed by atoms with van der Waals surface area (Å²) in [6.45, 7) is 0. The maximum Gasteiger partial charge on any atom is 0.305 e. The van der Waals surface area contributed by atoms with Gasteiger partial charge in [0, 0.05) is 16.2 Å². The zero-order valence-corrected chi connectivity index (χ0v) is 11.6. The molecule has 0 bridgehead atoms. The quantitative estimate of drug-likeness (QED) is 0.622. The average molecular weight is 336 g/mol. The predicted octanol–water partition coefficient (Wildman–Crippen LogP) is 3.45. The molecule has 0 saturated heterocycles. The first-order valence-electron chi connectivity index (χ1n) is 4.58. The Morgan fingerprint density at radius 1 is 1.47 bits per heavy atom. The molecule has 0 aliphatic heterocycles. The summed E-state index contributed by atoms with van der Waals surface area (Å²) in [5.74, 6) is -0.175. The molecule has 1 aromatic rings. The molecule has 0 fully saturated rings. The van der Waals surface area contributed by atoms with E-state index in [2.05, 4.69) is 36.6 Å². The van der Waals surface area contributed by atoms with Gasteiger partial charge in [0.15, 0.2) is 0 Å². The van der Waals surface area contributed by atoms with E-state index in [0.717, 1.165) is 9.80 Å². The Balaban J connectivity index is 2.78. The van der Waals surface area contributed by atoms with Crippen molar-refractivity contribution < 1.29 is 9.53 Å². The van der Waals surface area contributed by atoms with Crippen molar-refractivity contribution in [3.8, 4) is 0 Å². The zero-order valence-electron chi connectivity index (χ0n) is 8.43. The Kier molecular flexibility index (Phi) is 5.32.